The van der Waals surface area contributed by atoms with E-state index in [-0.39, 0.29) is 0 Å². The zero-order valence-corrected chi connectivity index (χ0v) is 12.3. The molecule has 0 bridgehead atoms. The van der Waals surface area contributed by atoms with Crippen LogP contribution in [-0.4, -0.2) is 16.3 Å². The topological polar surface area (TPSA) is 29.9 Å². The van der Waals surface area contributed by atoms with Crippen molar-refractivity contribution in [3.8, 4) is 0 Å². The lowest BCUT2D eigenvalue weighted by Crippen LogP contribution is -2.32. The van der Waals surface area contributed by atoms with Gasteiger partial charge in [-0.25, -0.2) is 0 Å². The number of aryl methyl sites for hydroxylation is 1. The second kappa shape index (κ2) is 5.41. The van der Waals surface area contributed by atoms with E-state index in [9.17, 15) is 0 Å². The van der Waals surface area contributed by atoms with Crippen molar-refractivity contribution in [2.75, 3.05) is 6.54 Å². The Morgan fingerprint density at radius 1 is 1.30 bits per heavy atom. The van der Waals surface area contributed by atoms with E-state index in [1.165, 1.54) is 17.5 Å². The highest BCUT2D eigenvalue weighted by molar-refractivity contribution is 5.37. The molecule has 106 valence electrons. The van der Waals surface area contributed by atoms with Gasteiger partial charge in [-0.15, -0.1) is 0 Å². The summed E-state index contributed by atoms with van der Waals surface area (Å²) in [6.45, 7) is 6.73. The van der Waals surface area contributed by atoms with E-state index in [1.807, 2.05) is 23.1 Å². The summed E-state index contributed by atoms with van der Waals surface area (Å²) in [5.41, 5.74) is 3.29. The van der Waals surface area contributed by atoms with E-state index in [4.69, 9.17) is 0 Å². The van der Waals surface area contributed by atoms with Crippen molar-refractivity contribution < 1.29 is 0 Å². The van der Waals surface area contributed by atoms with E-state index in [0.717, 1.165) is 19.5 Å². The fourth-order valence-corrected chi connectivity index (χ4v) is 3.30. The molecular weight excluding hydrogens is 246 g/mol. The molecule has 3 rings (SSSR count). The summed E-state index contributed by atoms with van der Waals surface area (Å²) in [7, 11) is 0. The molecule has 0 amide bonds. The van der Waals surface area contributed by atoms with Crippen LogP contribution in [0, 0.1) is 5.41 Å². The lowest BCUT2D eigenvalue weighted by Gasteiger charge is -2.28. The van der Waals surface area contributed by atoms with Gasteiger partial charge < -0.3 is 5.32 Å². The highest BCUT2D eigenvalue weighted by Crippen LogP contribution is 2.44. The number of nitrogens with one attached hydrogen (secondary N) is 1. The molecule has 3 heteroatoms. The smallest absolute Gasteiger partial charge is 0.0489 e. The predicted octanol–water partition coefficient (Wildman–Crippen LogP) is 3.19. The third-order valence-electron chi connectivity index (χ3n) is 4.27. The maximum atomic E-state index is 4.24. The molecule has 2 aromatic rings. The first-order chi connectivity index (χ1) is 9.67. The number of fused-ring (bicyclic) bond motifs is 1. The Labute approximate surface area is 121 Å². The van der Waals surface area contributed by atoms with Gasteiger partial charge in [-0.3, -0.25) is 4.68 Å². The highest BCUT2D eigenvalue weighted by atomic mass is 15.3. The molecule has 1 aliphatic carbocycles. The van der Waals surface area contributed by atoms with Crippen LogP contribution in [0.5, 0.6) is 0 Å². The first-order valence-corrected chi connectivity index (χ1v) is 7.45. The standard InChI is InChI=1S/C17H23N3/c1-17(2)13-14-7-3-4-8-15(14)16(17)18-9-5-11-20-12-6-10-19-20/h3-4,6-8,10,12,16,18H,5,9,11,13H2,1-2H3. The maximum absolute atomic E-state index is 4.24. The van der Waals surface area contributed by atoms with Crippen LogP contribution < -0.4 is 5.32 Å². The van der Waals surface area contributed by atoms with Gasteiger partial charge in [0, 0.05) is 25.0 Å². The largest absolute Gasteiger partial charge is 0.309 e. The first kappa shape index (κ1) is 13.4. The van der Waals surface area contributed by atoms with Crippen molar-refractivity contribution in [1.82, 2.24) is 15.1 Å². The molecule has 1 heterocycles. The summed E-state index contributed by atoms with van der Waals surface area (Å²) in [6.07, 6.45) is 6.13. The molecule has 0 radical (unpaired) electrons. The lowest BCUT2D eigenvalue weighted by atomic mass is 9.85. The Morgan fingerprint density at radius 3 is 2.95 bits per heavy atom. The van der Waals surface area contributed by atoms with E-state index in [2.05, 4.69) is 48.5 Å². The summed E-state index contributed by atoms with van der Waals surface area (Å²) in [5, 5.41) is 7.99. The molecule has 1 N–H and O–H groups in total. The van der Waals surface area contributed by atoms with Crippen molar-refractivity contribution >= 4 is 0 Å². The lowest BCUT2D eigenvalue weighted by molar-refractivity contribution is 0.267. The SMILES string of the molecule is CC1(C)Cc2ccccc2C1NCCCn1cccn1. The Bertz CT molecular complexity index is 557. The fraction of sp³-hybridized carbons (Fsp3) is 0.471. The maximum Gasteiger partial charge on any atom is 0.0489 e. The molecular formula is C17H23N3. The normalized spacial score (nSPS) is 20.0. The highest BCUT2D eigenvalue weighted by Gasteiger charge is 2.37. The first-order valence-electron chi connectivity index (χ1n) is 7.45. The number of nitrogens with zero attached hydrogens (tertiary/aromatic N) is 2. The number of hydrogen-bond acceptors (Lipinski definition) is 2. The van der Waals surface area contributed by atoms with Crippen LogP contribution in [0.15, 0.2) is 42.7 Å². The van der Waals surface area contributed by atoms with Crippen LogP contribution in [-0.2, 0) is 13.0 Å². The molecule has 0 fully saturated rings. The third kappa shape index (κ3) is 2.63. The Morgan fingerprint density at radius 2 is 2.15 bits per heavy atom. The van der Waals surface area contributed by atoms with Gasteiger partial charge in [0.05, 0.1) is 0 Å². The van der Waals surface area contributed by atoms with Gasteiger partial charge in [0.25, 0.3) is 0 Å². The van der Waals surface area contributed by atoms with Crippen molar-refractivity contribution in [2.24, 2.45) is 5.41 Å². The van der Waals surface area contributed by atoms with Gasteiger partial charge in [0.15, 0.2) is 0 Å². The minimum absolute atomic E-state index is 0.301. The molecule has 1 aromatic carbocycles. The summed E-state index contributed by atoms with van der Waals surface area (Å²) >= 11 is 0. The van der Waals surface area contributed by atoms with Gasteiger partial charge in [0.1, 0.15) is 0 Å². The molecule has 20 heavy (non-hydrogen) atoms. The molecule has 0 saturated heterocycles. The monoisotopic (exact) mass is 269 g/mol. The Hall–Kier alpha value is -1.61. The van der Waals surface area contributed by atoms with Gasteiger partial charge in [0.2, 0.25) is 0 Å². The predicted molar refractivity (Wildman–Crippen MR) is 81.5 cm³/mol. The zero-order chi connectivity index (χ0) is 14.0. The van der Waals surface area contributed by atoms with Crippen molar-refractivity contribution in [1.29, 1.82) is 0 Å². The molecule has 1 unspecified atom stereocenters. The van der Waals surface area contributed by atoms with E-state index >= 15 is 0 Å². The summed E-state index contributed by atoms with van der Waals surface area (Å²) in [5.74, 6) is 0. The minimum atomic E-state index is 0.301. The van der Waals surface area contributed by atoms with Crippen molar-refractivity contribution in [3.63, 3.8) is 0 Å². The molecule has 0 saturated carbocycles. The van der Waals surface area contributed by atoms with Crippen molar-refractivity contribution in [3.05, 3.63) is 53.9 Å². The van der Waals surface area contributed by atoms with Gasteiger partial charge in [-0.05, 0) is 42.0 Å². The van der Waals surface area contributed by atoms with E-state index in [1.54, 1.807) is 0 Å². The molecule has 0 aliphatic heterocycles. The fourth-order valence-electron chi connectivity index (χ4n) is 3.30. The summed E-state index contributed by atoms with van der Waals surface area (Å²) in [4.78, 5) is 0. The average Bonchev–Trinajstić information content (AvgIpc) is 3.00. The van der Waals surface area contributed by atoms with Crippen LogP contribution in [0.25, 0.3) is 0 Å². The zero-order valence-electron chi connectivity index (χ0n) is 12.3. The molecule has 1 aliphatic rings. The van der Waals surface area contributed by atoms with Crippen LogP contribution >= 0.6 is 0 Å². The van der Waals surface area contributed by atoms with Crippen LogP contribution in [0.3, 0.4) is 0 Å². The minimum Gasteiger partial charge on any atom is -0.309 e. The summed E-state index contributed by atoms with van der Waals surface area (Å²) in [6, 6.07) is 11.3. The second-order valence-corrected chi connectivity index (χ2v) is 6.37. The van der Waals surface area contributed by atoms with E-state index in [0.29, 0.717) is 11.5 Å². The molecule has 1 aromatic heterocycles. The van der Waals surface area contributed by atoms with Gasteiger partial charge in [-0.1, -0.05) is 38.1 Å². The molecule has 3 nitrogen and oxygen atoms in total. The number of benzene rings is 1. The summed E-state index contributed by atoms with van der Waals surface area (Å²) < 4.78 is 2.00. The average molecular weight is 269 g/mol. The number of rotatable bonds is 5. The van der Waals surface area contributed by atoms with Gasteiger partial charge in [-0.2, -0.15) is 5.10 Å². The Balaban J connectivity index is 1.59. The number of aromatic nitrogens is 2. The van der Waals surface area contributed by atoms with Crippen LogP contribution in [0.2, 0.25) is 0 Å². The Kier molecular flexibility index (Phi) is 3.62. The molecule has 1 atom stereocenters. The van der Waals surface area contributed by atoms with E-state index < -0.39 is 0 Å². The van der Waals surface area contributed by atoms with Gasteiger partial charge >= 0.3 is 0 Å². The van der Waals surface area contributed by atoms with Crippen LogP contribution in [0.4, 0.5) is 0 Å². The third-order valence-corrected chi connectivity index (χ3v) is 4.27. The number of hydrogen-bond donors (Lipinski definition) is 1. The quantitative estimate of drug-likeness (QED) is 0.845. The van der Waals surface area contributed by atoms with Crippen molar-refractivity contribution in [2.45, 2.75) is 39.3 Å². The second-order valence-electron chi connectivity index (χ2n) is 6.37. The molecule has 0 spiro atoms. The van der Waals surface area contributed by atoms with Crippen LogP contribution in [0.1, 0.15) is 37.4 Å².